The zero-order valence-electron chi connectivity index (χ0n) is 46.8. The fraction of sp³-hybridized carbons (Fsp3) is 0.258. The van der Waals surface area contributed by atoms with Crippen molar-refractivity contribution in [1.29, 1.82) is 0 Å². The molecule has 2 aromatic heterocycles. The zero-order chi connectivity index (χ0) is 59.3. The van der Waals surface area contributed by atoms with E-state index < -0.39 is 78.6 Å². The number of benzene rings is 6. The number of halogens is 2. The number of hydrogen-bond donors (Lipinski definition) is 5. The molecule has 6 aromatic carbocycles. The number of rotatable bonds is 18. The van der Waals surface area contributed by atoms with Crippen molar-refractivity contribution < 1.29 is 63.0 Å². The minimum absolute atomic E-state index is 0. The number of aliphatic hydroxyl groups is 3. The van der Waals surface area contributed by atoms with Crippen LogP contribution in [-0.2, 0) is 32.2 Å². The van der Waals surface area contributed by atoms with Gasteiger partial charge in [0.1, 0.15) is 17.7 Å². The van der Waals surface area contributed by atoms with Crippen LogP contribution in [0.25, 0.3) is 44.8 Å². The molecule has 0 aliphatic carbocycles. The SMILES string of the molecule is CC(C)c1c(C(=O)Nc2ccccc2)c(-c2ccccc2)c(-c2ccc(F)cc2)n1CC[C@@H](O)C[C@@H](O)CC(=O)[O-].CC1C(=O)O[C@@H](CC(=O)[O-])C[C@H](O)CCn2c(-c3ccc(F)cc3)c(-c3ccccc3)c(C(=O)Nc3ccccc3)c21.[Ca+2]. The molecule has 1 unspecified atom stereocenters. The summed E-state index contributed by atoms with van der Waals surface area (Å²) in [4.78, 5) is 64.0. The van der Waals surface area contributed by atoms with Gasteiger partial charge in [0.25, 0.3) is 11.8 Å². The van der Waals surface area contributed by atoms with Crippen molar-refractivity contribution in [3.8, 4) is 44.8 Å². The summed E-state index contributed by atoms with van der Waals surface area (Å²) in [5.41, 5.74) is 8.24. The van der Waals surface area contributed by atoms with Crippen LogP contribution >= 0.6 is 0 Å². The van der Waals surface area contributed by atoms with Crippen molar-refractivity contribution in [3.05, 3.63) is 204 Å². The van der Waals surface area contributed by atoms with E-state index in [2.05, 4.69) is 10.6 Å². The van der Waals surface area contributed by atoms with Crippen LogP contribution in [0, 0.1) is 11.6 Å². The number of esters is 1. The van der Waals surface area contributed by atoms with E-state index in [0.717, 1.165) is 11.3 Å². The summed E-state index contributed by atoms with van der Waals surface area (Å²) in [6.07, 6.45) is -5.33. The van der Waals surface area contributed by atoms with Crippen LogP contribution in [0.3, 0.4) is 0 Å². The number of para-hydroxylation sites is 2. The Morgan fingerprint density at radius 3 is 1.58 bits per heavy atom. The second-order valence-electron chi connectivity index (χ2n) is 20.8. The minimum Gasteiger partial charge on any atom is -0.550 e. The third-order valence-corrected chi connectivity index (χ3v) is 14.3. The molecule has 9 rings (SSSR count). The van der Waals surface area contributed by atoms with Gasteiger partial charge in [0, 0.05) is 78.2 Å². The average molecular weight is 1170 g/mol. The van der Waals surface area contributed by atoms with Crippen molar-refractivity contribution in [2.24, 2.45) is 0 Å². The Morgan fingerprint density at radius 1 is 0.643 bits per heavy atom. The first-order valence-corrected chi connectivity index (χ1v) is 27.4. The summed E-state index contributed by atoms with van der Waals surface area (Å²) in [5.74, 6) is -6.25. The second kappa shape index (κ2) is 29.7. The molecule has 430 valence electrons. The van der Waals surface area contributed by atoms with Gasteiger partial charge in [-0.2, -0.15) is 0 Å². The normalized spacial score (nSPS) is 15.7. The molecule has 5 N–H and O–H groups in total. The van der Waals surface area contributed by atoms with E-state index in [1.54, 1.807) is 67.6 Å². The summed E-state index contributed by atoms with van der Waals surface area (Å²) in [6, 6.07) is 48.7. The maximum absolute atomic E-state index is 14.2. The zero-order valence-corrected chi connectivity index (χ0v) is 49.0. The molecule has 0 fully saturated rings. The van der Waals surface area contributed by atoms with Crippen LogP contribution in [0.4, 0.5) is 20.2 Å². The molecule has 0 spiro atoms. The summed E-state index contributed by atoms with van der Waals surface area (Å²) in [5, 5.41) is 59.7. The number of nitrogens with one attached hydrogen (secondary N) is 2. The number of fused-ring (bicyclic) bond motifs is 1. The van der Waals surface area contributed by atoms with E-state index in [-0.39, 0.29) is 93.9 Å². The number of cyclic esters (lactones) is 1. The molecule has 5 atom stereocenters. The van der Waals surface area contributed by atoms with Crippen LogP contribution in [0.2, 0.25) is 0 Å². The van der Waals surface area contributed by atoms with E-state index in [9.17, 15) is 58.3 Å². The van der Waals surface area contributed by atoms with Gasteiger partial charge in [-0.05, 0) is 127 Å². The fourth-order valence-corrected chi connectivity index (χ4v) is 10.7. The van der Waals surface area contributed by atoms with Crippen LogP contribution in [0.15, 0.2) is 170 Å². The first-order chi connectivity index (χ1) is 39.9. The van der Waals surface area contributed by atoms with E-state index in [1.807, 2.05) is 108 Å². The maximum atomic E-state index is 14.2. The van der Waals surface area contributed by atoms with E-state index in [4.69, 9.17) is 4.74 Å². The number of carboxylic acid groups (broad SMARTS) is 2. The number of aromatic nitrogens is 2. The van der Waals surface area contributed by atoms with Crippen LogP contribution in [-0.4, -0.2) is 116 Å². The first-order valence-electron chi connectivity index (χ1n) is 27.4. The number of carbonyl (C=O) groups is 5. The van der Waals surface area contributed by atoms with E-state index >= 15 is 0 Å². The molecule has 0 saturated heterocycles. The monoisotopic (exact) mass is 1170 g/mol. The van der Waals surface area contributed by atoms with Crippen molar-refractivity contribution in [2.75, 3.05) is 10.6 Å². The number of ether oxygens (including phenoxy) is 1. The van der Waals surface area contributed by atoms with Gasteiger partial charge in [0.15, 0.2) is 0 Å². The number of anilines is 2. The molecule has 0 bridgehead atoms. The molecule has 0 saturated carbocycles. The molecule has 1 aliphatic heterocycles. The van der Waals surface area contributed by atoms with Gasteiger partial charge in [-0.25, -0.2) is 8.78 Å². The maximum Gasteiger partial charge on any atom is 2.00 e. The third kappa shape index (κ3) is 15.9. The Morgan fingerprint density at radius 2 is 1.11 bits per heavy atom. The van der Waals surface area contributed by atoms with Crippen LogP contribution < -0.4 is 20.8 Å². The molecule has 0 radical (unpaired) electrons. The van der Waals surface area contributed by atoms with Crippen LogP contribution in [0.1, 0.15) is 103 Å². The minimum atomic E-state index is -1.40. The molecule has 15 nitrogen and oxygen atoms in total. The third-order valence-electron chi connectivity index (χ3n) is 14.3. The topological polar surface area (TPSA) is 235 Å². The Labute approximate surface area is 515 Å². The largest absolute Gasteiger partial charge is 2.00 e. The summed E-state index contributed by atoms with van der Waals surface area (Å²) in [6.45, 7) is 6.02. The Bertz CT molecular complexity index is 3530. The van der Waals surface area contributed by atoms with Gasteiger partial charge < -0.3 is 59.6 Å². The summed E-state index contributed by atoms with van der Waals surface area (Å²) < 4.78 is 37.4. The number of amides is 2. The van der Waals surface area contributed by atoms with Gasteiger partial charge in [-0.3, -0.25) is 14.4 Å². The number of aliphatic hydroxyl groups excluding tert-OH is 3. The summed E-state index contributed by atoms with van der Waals surface area (Å²) >= 11 is 0. The molecule has 3 heterocycles. The standard InChI is InChI=1S/C33H31FN2O6.C33H35FN2O5.Ca/c1-20-30-29(32(40)35-24-10-6-3-7-11-24)28(21-8-4-2-5-9-21)31(22-12-14-23(34)15-13-22)36(30)17-16-25(37)18-26(19-27(38)39)42-33(20)41;1-21(2)31-30(33(41)35-25-11-7-4-8-12-25)29(22-9-5-3-6-10-22)32(23-13-15-24(34)16-14-23)36(31)18-17-26(37)19-27(38)20-28(39)40;/h2-15,20,25-26,37H,16-19H2,1H3,(H,35,40)(H,38,39);3-16,21,26-27,37-38H,17-20H2,1-2H3,(H,35,41)(H,39,40);/q;;+2/p-2/t20?,25-,26-;26-,27-;/m11./s1. The molecule has 84 heavy (non-hydrogen) atoms. The predicted octanol–water partition coefficient (Wildman–Crippen LogP) is 9.12. The van der Waals surface area contributed by atoms with Crippen molar-refractivity contribution in [3.63, 3.8) is 0 Å². The fourth-order valence-electron chi connectivity index (χ4n) is 10.7. The van der Waals surface area contributed by atoms with Gasteiger partial charge in [-0.1, -0.05) is 111 Å². The number of nitrogens with zero attached hydrogens (tertiary/aromatic N) is 2. The second-order valence-corrected chi connectivity index (χ2v) is 20.8. The Kier molecular flexibility index (Phi) is 22.5. The van der Waals surface area contributed by atoms with Crippen molar-refractivity contribution in [2.45, 2.75) is 109 Å². The number of carbonyl (C=O) groups excluding carboxylic acids is 5. The average Bonchev–Trinajstić information content (AvgIpc) is 1.88. The van der Waals surface area contributed by atoms with Crippen molar-refractivity contribution in [1.82, 2.24) is 9.13 Å². The van der Waals surface area contributed by atoms with E-state index in [0.29, 0.717) is 61.8 Å². The van der Waals surface area contributed by atoms with Gasteiger partial charge in [-0.15, -0.1) is 0 Å². The Balaban J connectivity index is 0.000000238. The Hall–Kier alpha value is -7.77. The number of carboxylic acids is 2. The summed E-state index contributed by atoms with van der Waals surface area (Å²) in [7, 11) is 0. The van der Waals surface area contributed by atoms with Gasteiger partial charge >= 0.3 is 43.7 Å². The number of aliphatic carboxylic acids is 2. The predicted molar refractivity (Wildman–Crippen MR) is 313 cm³/mol. The van der Waals surface area contributed by atoms with Gasteiger partial charge in [0.2, 0.25) is 0 Å². The quantitative estimate of drug-likeness (QED) is 0.0401. The van der Waals surface area contributed by atoms with E-state index in [1.165, 1.54) is 24.3 Å². The molecule has 1 aliphatic rings. The molecule has 8 aromatic rings. The smallest absolute Gasteiger partial charge is 0.550 e. The number of hydrogen-bond acceptors (Lipinski definition) is 11. The molecule has 18 heteroatoms. The van der Waals surface area contributed by atoms with Gasteiger partial charge in [0.05, 0.1) is 46.7 Å². The molecular formula is C66H64CaF2N4O11. The molecule has 2 amide bonds. The van der Waals surface area contributed by atoms with Crippen molar-refractivity contribution >= 4 is 78.8 Å². The molecular weight excluding hydrogens is 1100 g/mol. The van der Waals surface area contributed by atoms with Crippen LogP contribution in [0.5, 0.6) is 0 Å². The first kappa shape index (κ1) is 63.8.